The van der Waals surface area contributed by atoms with Crippen LogP contribution in [0.15, 0.2) is 36.1 Å². The second-order valence-electron chi connectivity index (χ2n) is 1.96. The van der Waals surface area contributed by atoms with Crippen LogP contribution in [0.25, 0.3) is 0 Å². The van der Waals surface area contributed by atoms with Gasteiger partial charge in [-0.05, 0) is 25.0 Å². The van der Waals surface area contributed by atoms with Crippen molar-refractivity contribution in [3.05, 3.63) is 36.1 Å². The van der Waals surface area contributed by atoms with E-state index in [2.05, 4.69) is 13.2 Å². The van der Waals surface area contributed by atoms with E-state index in [1.807, 2.05) is 6.92 Å². The molecule has 0 aliphatic heterocycles. The molecule has 0 aliphatic rings. The average molecular weight is 124 g/mol. The quantitative estimate of drug-likeness (QED) is 0.443. The Bertz CT molecular complexity index is 163. The van der Waals surface area contributed by atoms with Crippen LogP contribution < -0.4 is 0 Å². The van der Waals surface area contributed by atoms with Crippen LogP contribution in [0, 0.1) is 0 Å². The maximum atomic E-state index is 8.82. The van der Waals surface area contributed by atoms with E-state index in [9.17, 15) is 0 Å². The van der Waals surface area contributed by atoms with Crippen molar-refractivity contribution in [1.29, 1.82) is 0 Å². The molecule has 0 rings (SSSR count). The molecular weight excluding hydrogens is 112 g/mol. The van der Waals surface area contributed by atoms with Crippen molar-refractivity contribution in [2.24, 2.45) is 0 Å². The van der Waals surface area contributed by atoms with Crippen molar-refractivity contribution >= 4 is 0 Å². The Morgan fingerprint density at radius 2 is 1.89 bits per heavy atom. The van der Waals surface area contributed by atoms with Crippen LogP contribution >= 0.6 is 0 Å². The molecule has 0 saturated carbocycles. The Balaban J connectivity index is 4.47. The van der Waals surface area contributed by atoms with Crippen molar-refractivity contribution in [1.82, 2.24) is 0 Å². The van der Waals surface area contributed by atoms with Gasteiger partial charge in [-0.15, -0.1) is 0 Å². The molecule has 0 saturated heterocycles. The molecule has 9 heavy (non-hydrogen) atoms. The summed E-state index contributed by atoms with van der Waals surface area (Å²) in [4.78, 5) is 0. The summed E-state index contributed by atoms with van der Waals surface area (Å²) in [5, 5.41) is 8.82. The molecule has 1 nitrogen and oxygen atoms in total. The summed E-state index contributed by atoms with van der Waals surface area (Å²) in [7, 11) is 0. The summed E-state index contributed by atoms with van der Waals surface area (Å²) in [5.41, 5.74) is 1.76. The molecule has 0 heterocycles. The van der Waals surface area contributed by atoms with Gasteiger partial charge >= 0.3 is 0 Å². The van der Waals surface area contributed by atoms with E-state index < -0.39 is 0 Å². The van der Waals surface area contributed by atoms with Crippen LogP contribution in [0.2, 0.25) is 0 Å². The van der Waals surface area contributed by atoms with E-state index in [0.29, 0.717) is 0 Å². The van der Waals surface area contributed by atoms with Gasteiger partial charge in [0.15, 0.2) is 0 Å². The first kappa shape index (κ1) is 8.02. The Morgan fingerprint density at radius 1 is 1.44 bits per heavy atom. The zero-order chi connectivity index (χ0) is 7.44. The Labute approximate surface area is 56.0 Å². The van der Waals surface area contributed by atoms with Crippen LogP contribution in [0.3, 0.4) is 0 Å². The van der Waals surface area contributed by atoms with Crippen LogP contribution in [-0.4, -0.2) is 5.11 Å². The maximum absolute atomic E-state index is 8.82. The minimum Gasteiger partial charge on any atom is -0.508 e. The molecule has 50 valence electrons. The van der Waals surface area contributed by atoms with Crippen molar-refractivity contribution in [2.45, 2.75) is 13.8 Å². The van der Waals surface area contributed by atoms with Crippen molar-refractivity contribution < 1.29 is 5.11 Å². The monoisotopic (exact) mass is 124 g/mol. The zero-order valence-corrected chi connectivity index (χ0v) is 5.94. The summed E-state index contributed by atoms with van der Waals surface area (Å²) in [6, 6.07) is 0. The largest absolute Gasteiger partial charge is 0.508 e. The lowest BCUT2D eigenvalue weighted by Gasteiger charge is -1.99. The molecule has 1 heteroatoms. The van der Waals surface area contributed by atoms with Crippen molar-refractivity contribution in [2.75, 3.05) is 0 Å². The Hall–Kier alpha value is -0.980. The lowest BCUT2D eigenvalue weighted by molar-refractivity contribution is 0.425. The third kappa shape index (κ3) is 2.17. The van der Waals surface area contributed by atoms with Gasteiger partial charge in [-0.25, -0.2) is 0 Å². The molecule has 0 fully saturated rings. The fraction of sp³-hybridized carbons (Fsp3) is 0.250. The SMILES string of the molecule is C=C/C(C)=C(/C)C(=C)O. The fourth-order valence-electron chi connectivity index (χ4n) is 0.381. The van der Waals surface area contributed by atoms with Gasteiger partial charge in [-0.3, -0.25) is 0 Å². The number of aliphatic hydroxyl groups is 1. The number of rotatable bonds is 2. The molecule has 0 unspecified atom stereocenters. The van der Waals surface area contributed by atoms with E-state index in [1.165, 1.54) is 0 Å². The van der Waals surface area contributed by atoms with E-state index >= 15 is 0 Å². The van der Waals surface area contributed by atoms with Gasteiger partial charge in [-0.2, -0.15) is 0 Å². The van der Waals surface area contributed by atoms with Crippen LogP contribution in [0.1, 0.15) is 13.8 Å². The topological polar surface area (TPSA) is 20.2 Å². The van der Waals surface area contributed by atoms with Gasteiger partial charge < -0.3 is 5.11 Å². The van der Waals surface area contributed by atoms with Gasteiger partial charge in [0.1, 0.15) is 5.76 Å². The van der Waals surface area contributed by atoms with Crippen LogP contribution in [-0.2, 0) is 0 Å². The Kier molecular flexibility index (Phi) is 2.79. The van der Waals surface area contributed by atoms with Gasteiger partial charge in [-0.1, -0.05) is 19.2 Å². The molecule has 0 amide bonds. The minimum atomic E-state index is 0.118. The molecule has 1 N–H and O–H groups in total. The standard InChI is InChI=1S/C8H12O/c1-5-6(2)7(3)8(4)9/h5,9H,1,4H2,2-3H3/b7-6-. The highest BCUT2D eigenvalue weighted by molar-refractivity contribution is 5.30. The first-order chi connectivity index (χ1) is 4.09. The highest BCUT2D eigenvalue weighted by Gasteiger charge is 1.93. The lowest BCUT2D eigenvalue weighted by Crippen LogP contribution is -1.83. The summed E-state index contributed by atoms with van der Waals surface area (Å²) in [6.07, 6.45) is 1.69. The normalized spacial score (nSPS) is 12.2. The third-order valence-corrected chi connectivity index (χ3v) is 1.33. The average Bonchev–Trinajstić information content (AvgIpc) is 1.84. The van der Waals surface area contributed by atoms with Crippen LogP contribution in [0.5, 0.6) is 0 Å². The highest BCUT2D eigenvalue weighted by atomic mass is 16.3. The molecule has 0 aromatic rings. The van der Waals surface area contributed by atoms with Crippen molar-refractivity contribution in [3.8, 4) is 0 Å². The molecule has 0 bridgehead atoms. The van der Waals surface area contributed by atoms with Gasteiger partial charge in [0.25, 0.3) is 0 Å². The smallest absolute Gasteiger partial charge is 0.111 e. The molecular formula is C8H12O. The van der Waals surface area contributed by atoms with Crippen LogP contribution in [0.4, 0.5) is 0 Å². The number of aliphatic hydroxyl groups excluding tert-OH is 1. The van der Waals surface area contributed by atoms with Crippen molar-refractivity contribution in [3.63, 3.8) is 0 Å². The molecule has 0 aliphatic carbocycles. The summed E-state index contributed by atoms with van der Waals surface area (Å²) in [6.45, 7) is 10.6. The second-order valence-corrected chi connectivity index (χ2v) is 1.96. The first-order valence-corrected chi connectivity index (χ1v) is 2.77. The number of hydrogen-bond acceptors (Lipinski definition) is 1. The van der Waals surface area contributed by atoms with E-state index in [4.69, 9.17) is 5.11 Å². The summed E-state index contributed by atoms with van der Waals surface area (Å²) < 4.78 is 0. The van der Waals surface area contributed by atoms with E-state index in [-0.39, 0.29) is 5.76 Å². The second kappa shape index (κ2) is 3.13. The predicted molar refractivity (Wildman–Crippen MR) is 40.3 cm³/mol. The molecule has 0 atom stereocenters. The van der Waals surface area contributed by atoms with Gasteiger partial charge in [0.2, 0.25) is 0 Å². The minimum absolute atomic E-state index is 0.118. The number of allylic oxidation sites excluding steroid dienone is 3. The van der Waals surface area contributed by atoms with Gasteiger partial charge in [0.05, 0.1) is 0 Å². The number of hydrogen-bond donors (Lipinski definition) is 1. The highest BCUT2D eigenvalue weighted by Crippen LogP contribution is 2.09. The third-order valence-electron chi connectivity index (χ3n) is 1.33. The Morgan fingerprint density at radius 3 is 2.00 bits per heavy atom. The summed E-state index contributed by atoms with van der Waals surface area (Å²) >= 11 is 0. The molecule has 0 aromatic carbocycles. The van der Waals surface area contributed by atoms with Gasteiger partial charge in [0, 0.05) is 0 Å². The predicted octanol–water partition coefficient (Wildman–Crippen LogP) is 2.58. The van der Waals surface area contributed by atoms with E-state index in [1.54, 1.807) is 13.0 Å². The van der Waals surface area contributed by atoms with E-state index in [0.717, 1.165) is 11.1 Å². The summed E-state index contributed by atoms with van der Waals surface area (Å²) in [5.74, 6) is 0.118. The maximum Gasteiger partial charge on any atom is 0.111 e. The fourth-order valence-corrected chi connectivity index (χ4v) is 0.381. The first-order valence-electron chi connectivity index (χ1n) is 2.77. The zero-order valence-electron chi connectivity index (χ0n) is 5.94. The lowest BCUT2D eigenvalue weighted by atomic mass is 10.1. The molecule has 0 spiro atoms. The molecule has 0 radical (unpaired) electrons. The molecule has 0 aromatic heterocycles.